The minimum absolute atomic E-state index is 0.0137. The Morgan fingerprint density at radius 2 is 1.94 bits per heavy atom. The Kier molecular flexibility index (Phi) is 9.71. The molecule has 0 unspecified atom stereocenters. The second-order valence-corrected chi connectivity index (χ2v) is 9.03. The number of carboxylic acids is 1. The average molecular weight is 490 g/mol. The molecule has 2 aromatic carbocycles. The molecule has 0 bridgehead atoms. The van der Waals surface area contributed by atoms with E-state index in [0.717, 1.165) is 5.56 Å². The number of nitrogens with zero attached hydrogens (tertiary/aromatic N) is 1. The molecule has 11 nitrogen and oxygen atoms in total. The number of aryl methyl sites for hydroxylation is 1. The highest BCUT2D eigenvalue weighted by molar-refractivity contribution is 7.89. The highest BCUT2D eigenvalue weighted by atomic mass is 32.2. The third-order valence-corrected chi connectivity index (χ3v) is 6.03. The summed E-state index contributed by atoms with van der Waals surface area (Å²) in [7, 11) is -4.07. The van der Waals surface area contributed by atoms with Gasteiger partial charge in [-0.25, -0.2) is 8.42 Å². The number of carboxylic acid groups (broad SMARTS) is 1. The molecule has 0 aromatic heterocycles. The first-order valence-corrected chi connectivity index (χ1v) is 11.7. The van der Waals surface area contributed by atoms with Crippen LogP contribution in [-0.2, 0) is 30.9 Å². The standard InChI is InChI=1S/C22H27N5O6S/c1-15-3-2-4-18(13-15)34(31,32)27-19(22(29)30)14-25-20(28)10-12-33-26-11-9-16-5-7-17(8-6-16)21(23)24/h2-8,11,13,19,27H,9-10,12,14H2,1H3,(H3,23,24)(H,25,28)(H,29,30)/b26-11+/t19-/m0/s1. The number of hydrogen-bond acceptors (Lipinski definition) is 7. The molecule has 0 saturated heterocycles. The highest BCUT2D eigenvalue weighted by Crippen LogP contribution is 2.11. The van der Waals surface area contributed by atoms with Gasteiger partial charge in [0.15, 0.2) is 0 Å². The predicted octanol–water partition coefficient (Wildman–Crippen LogP) is 0.762. The van der Waals surface area contributed by atoms with Crippen LogP contribution in [0.4, 0.5) is 0 Å². The number of aliphatic carboxylic acids is 1. The molecule has 0 heterocycles. The van der Waals surface area contributed by atoms with Crippen LogP contribution in [0, 0.1) is 12.3 Å². The lowest BCUT2D eigenvalue weighted by Crippen LogP contribution is -2.48. The van der Waals surface area contributed by atoms with Gasteiger partial charge >= 0.3 is 5.97 Å². The van der Waals surface area contributed by atoms with Crippen LogP contribution in [0.3, 0.4) is 0 Å². The van der Waals surface area contributed by atoms with Gasteiger partial charge in [0.25, 0.3) is 0 Å². The number of nitrogens with two attached hydrogens (primary N) is 1. The maximum absolute atomic E-state index is 12.4. The van der Waals surface area contributed by atoms with Gasteiger partial charge in [0, 0.05) is 24.7 Å². The molecular weight excluding hydrogens is 462 g/mol. The number of amides is 1. The molecule has 0 fully saturated rings. The summed E-state index contributed by atoms with van der Waals surface area (Å²) in [4.78, 5) is 28.4. The first-order valence-electron chi connectivity index (χ1n) is 10.2. The third kappa shape index (κ3) is 8.64. The van der Waals surface area contributed by atoms with Crippen LogP contribution in [0.25, 0.3) is 0 Å². The Labute approximate surface area is 197 Å². The second-order valence-electron chi connectivity index (χ2n) is 7.32. The molecule has 0 saturated carbocycles. The van der Waals surface area contributed by atoms with E-state index in [0.29, 0.717) is 17.5 Å². The van der Waals surface area contributed by atoms with Gasteiger partial charge in [-0.15, -0.1) is 0 Å². The zero-order valence-corrected chi connectivity index (χ0v) is 19.3. The molecule has 0 radical (unpaired) electrons. The minimum atomic E-state index is -4.07. The SMILES string of the molecule is Cc1cccc(S(=O)(=O)N[C@@H](CNC(=O)CCO/N=C/Cc2ccc(C(=N)N)cc2)C(=O)O)c1. The van der Waals surface area contributed by atoms with Crippen molar-refractivity contribution < 1.29 is 28.0 Å². The van der Waals surface area contributed by atoms with Crippen LogP contribution in [0.2, 0.25) is 0 Å². The predicted molar refractivity (Wildman–Crippen MR) is 126 cm³/mol. The van der Waals surface area contributed by atoms with E-state index in [4.69, 9.17) is 16.0 Å². The number of carbonyl (C=O) groups is 2. The number of benzene rings is 2. The maximum Gasteiger partial charge on any atom is 0.323 e. The first-order chi connectivity index (χ1) is 16.1. The van der Waals surface area contributed by atoms with E-state index in [2.05, 4.69) is 15.2 Å². The highest BCUT2D eigenvalue weighted by Gasteiger charge is 2.26. The van der Waals surface area contributed by atoms with Crippen molar-refractivity contribution in [2.45, 2.75) is 30.7 Å². The number of carbonyl (C=O) groups excluding carboxylic acids is 1. The number of hydrogen-bond donors (Lipinski definition) is 5. The molecule has 2 aromatic rings. The number of oxime groups is 1. The zero-order chi connectivity index (χ0) is 25.1. The molecule has 1 amide bonds. The fourth-order valence-corrected chi connectivity index (χ4v) is 4.02. The van der Waals surface area contributed by atoms with E-state index in [1.54, 1.807) is 31.2 Å². The molecule has 0 aliphatic heterocycles. The van der Waals surface area contributed by atoms with Crippen LogP contribution < -0.4 is 15.8 Å². The average Bonchev–Trinajstić information content (AvgIpc) is 2.79. The summed E-state index contributed by atoms with van der Waals surface area (Å²) in [5, 5.41) is 22.8. The van der Waals surface area contributed by atoms with E-state index in [-0.39, 0.29) is 23.8 Å². The van der Waals surface area contributed by atoms with Crippen LogP contribution in [-0.4, -0.2) is 56.6 Å². The van der Waals surface area contributed by atoms with Crippen molar-refractivity contribution in [1.82, 2.24) is 10.0 Å². The topological polar surface area (TPSA) is 184 Å². The van der Waals surface area contributed by atoms with Crippen molar-refractivity contribution in [1.29, 1.82) is 5.41 Å². The van der Waals surface area contributed by atoms with Crippen molar-refractivity contribution in [3.63, 3.8) is 0 Å². The van der Waals surface area contributed by atoms with Crippen molar-refractivity contribution in [3.8, 4) is 0 Å². The number of rotatable bonds is 13. The van der Waals surface area contributed by atoms with Crippen LogP contribution in [0.15, 0.2) is 58.6 Å². The molecule has 0 spiro atoms. The van der Waals surface area contributed by atoms with Crippen LogP contribution in [0.5, 0.6) is 0 Å². The van der Waals surface area contributed by atoms with Gasteiger partial charge in [-0.2, -0.15) is 4.72 Å². The van der Waals surface area contributed by atoms with E-state index < -0.39 is 34.5 Å². The largest absolute Gasteiger partial charge is 0.480 e. The fourth-order valence-electron chi connectivity index (χ4n) is 2.73. The Balaban J connectivity index is 1.74. The lowest BCUT2D eigenvalue weighted by Gasteiger charge is -2.15. The van der Waals surface area contributed by atoms with Crippen molar-refractivity contribution in [3.05, 3.63) is 65.2 Å². The third-order valence-electron chi connectivity index (χ3n) is 4.56. The van der Waals surface area contributed by atoms with Crippen LogP contribution in [0.1, 0.15) is 23.1 Å². The Bertz CT molecular complexity index is 1150. The Hall–Kier alpha value is -3.77. The Morgan fingerprint density at radius 1 is 1.24 bits per heavy atom. The number of sulfonamides is 1. The molecule has 0 aliphatic carbocycles. The van der Waals surface area contributed by atoms with Crippen molar-refractivity contribution >= 4 is 33.9 Å². The van der Waals surface area contributed by atoms with Crippen LogP contribution >= 0.6 is 0 Å². The fraction of sp³-hybridized carbons (Fsp3) is 0.273. The van der Waals surface area contributed by atoms with Gasteiger partial charge in [-0.05, 0) is 30.2 Å². The van der Waals surface area contributed by atoms with Gasteiger partial charge in [-0.1, -0.05) is 41.6 Å². The molecule has 1 atom stereocenters. The summed E-state index contributed by atoms with van der Waals surface area (Å²) >= 11 is 0. The van der Waals surface area contributed by atoms with E-state index in [1.807, 2.05) is 12.1 Å². The lowest BCUT2D eigenvalue weighted by molar-refractivity contribution is -0.138. The molecule has 12 heteroatoms. The maximum atomic E-state index is 12.4. The summed E-state index contributed by atoms with van der Waals surface area (Å²) in [6.45, 7) is 1.24. The molecule has 2 rings (SSSR count). The molecular formula is C22H27N5O6S. The minimum Gasteiger partial charge on any atom is -0.480 e. The quantitative estimate of drug-likeness (QED) is 0.119. The van der Waals surface area contributed by atoms with Gasteiger partial charge in [0.2, 0.25) is 15.9 Å². The summed E-state index contributed by atoms with van der Waals surface area (Å²) in [5.74, 6) is -1.95. The molecule has 182 valence electrons. The van der Waals surface area contributed by atoms with Gasteiger partial charge in [0.05, 0.1) is 11.3 Å². The summed E-state index contributed by atoms with van der Waals surface area (Å²) in [6, 6.07) is 11.6. The van der Waals surface area contributed by atoms with E-state index >= 15 is 0 Å². The zero-order valence-electron chi connectivity index (χ0n) is 18.5. The number of nitrogen functional groups attached to an aromatic ring is 1. The number of amidine groups is 1. The van der Waals surface area contributed by atoms with Crippen molar-refractivity contribution in [2.75, 3.05) is 13.2 Å². The summed E-state index contributed by atoms with van der Waals surface area (Å²) in [6.07, 6.45) is 1.90. The smallest absolute Gasteiger partial charge is 0.323 e. The van der Waals surface area contributed by atoms with E-state index in [9.17, 15) is 23.1 Å². The summed E-state index contributed by atoms with van der Waals surface area (Å²) < 4.78 is 26.9. The van der Waals surface area contributed by atoms with Gasteiger partial charge in [0.1, 0.15) is 18.5 Å². The monoisotopic (exact) mass is 489 g/mol. The lowest BCUT2D eigenvalue weighted by atomic mass is 10.1. The second kappa shape index (κ2) is 12.5. The van der Waals surface area contributed by atoms with E-state index in [1.165, 1.54) is 18.3 Å². The van der Waals surface area contributed by atoms with Gasteiger partial charge in [-0.3, -0.25) is 15.0 Å². The molecule has 34 heavy (non-hydrogen) atoms. The first kappa shape index (κ1) is 26.5. The van der Waals surface area contributed by atoms with Gasteiger partial charge < -0.3 is 21.0 Å². The molecule has 6 N–H and O–H groups in total. The number of nitrogens with one attached hydrogen (secondary N) is 3. The summed E-state index contributed by atoms with van der Waals surface area (Å²) in [5.41, 5.74) is 7.66. The normalized spacial score (nSPS) is 12.3. The Morgan fingerprint density at radius 3 is 2.56 bits per heavy atom. The molecule has 0 aliphatic rings. The van der Waals surface area contributed by atoms with Crippen molar-refractivity contribution in [2.24, 2.45) is 10.9 Å².